The van der Waals surface area contributed by atoms with Gasteiger partial charge in [0.1, 0.15) is 5.52 Å². The summed E-state index contributed by atoms with van der Waals surface area (Å²) in [4.78, 5) is 16.5. The van der Waals surface area contributed by atoms with Gasteiger partial charge in [0.15, 0.2) is 23.8 Å². The van der Waals surface area contributed by atoms with E-state index >= 15 is 0 Å². The van der Waals surface area contributed by atoms with Gasteiger partial charge >= 0.3 is 0 Å². The molecule has 152 valence electrons. The molecule has 0 aliphatic rings. The van der Waals surface area contributed by atoms with Crippen molar-refractivity contribution < 1.29 is 18.3 Å². The van der Waals surface area contributed by atoms with E-state index in [4.69, 9.17) is 9.15 Å². The van der Waals surface area contributed by atoms with E-state index in [-0.39, 0.29) is 18.3 Å². The molecule has 0 fully saturated rings. The van der Waals surface area contributed by atoms with E-state index in [1.54, 1.807) is 12.1 Å². The minimum absolute atomic E-state index is 0.0562. The average molecular weight is 404 g/mol. The summed E-state index contributed by atoms with van der Waals surface area (Å²) in [5.74, 6) is -0.206. The van der Waals surface area contributed by atoms with E-state index in [0.717, 1.165) is 27.8 Å². The lowest BCUT2D eigenvalue weighted by molar-refractivity contribution is -0.123. The van der Waals surface area contributed by atoms with Crippen molar-refractivity contribution >= 4 is 17.0 Å². The van der Waals surface area contributed by atoms with Gasteiger partial charge in [-0.25, -0.2) is 9.37 Å². The van der Waals surface area contributed by atoms with Crippen LogP contribution in [-0.4, -0.2) is 17.5 Å². The van der Waals surface area contributed by atoms with Crippen LogP contribution in [0, 0.1) is 19.7 Å². The normalized spacial score (nSPS) is 10.9. The molecule has 4 rings (SSSR count). The van der Waals surface area contributed by atoms with Gasteiger partial charge in [0, 0.05) is 12.1 Å². The first-order chi connectivity index (χ1) is 14.5. The second kappa shape index (κ2) is 8.37. The Hall–Kier alpha value is -3.67. The van der Waals surface area contributed by atoms with Crippen molar-refractivity contribution in [1.29, 1.82) is 0 Å². The second-order valence-corrected chi connectivity index (χ2v) is 7.12. The monoisotopic (exact) mass is 404 g/mol. The number of nitrogens with one attached hydrogen (secondary N) is 1. The predicted molar refractivity (Wildman–Crippen MR) is 113 cm³/mol. The largest absolute Gasteiger partial charge is 0.481 e. The Labute approximate surface area is 173 Å². The summed E-state index contributed by atoms with van der Waals surface area (Å²) in [7, 11) is 0. The molecule has 0 bridgehead atoms. The van der Waals surface area contributed by atoms with Crippen molar-refractivity contribution in [3.8, 4) is 17.2 Å². The number of nitrogens with zero attached hydrogens (tertiary/aromatic N) is 1. The number of oxazole rings is 1. The van der Waals surface area contributed by atoms with Crippen molar-refractivity contribution in [1.82, 2.24) is 10.3 Å². The highest BCUT2D eigenvalue weighted by Gasteiger charge is 2.10. The zero-order valence-corrected chi connectivity index (χ0v) is 16.7. The third-order valence-electron chi connectivity index (χ3n) is 4.89. The van der Waals surface area contributed by atoms with Gasteiger partial charge in [0.25, 0.3) is 5.91 Å². The number of ether oxygens (including phenoxy) is 1. The average Bonchev–Trinajstić information content (AvgIpc) is 3.15. The number of para-hydroxylation sites is 1. The molecule has 0 unspecified atom stereocenters. The van der Waals surface area contributed by atoms with Gasteiger partial charge < -0.3 is 14.5 Å². The number of hydrogen-bond acceptors (Lipinski definition) is 4. The SMILES string of the molecule is Cc1cc2nc(-c3ccc(CNC(=O)COc4ccccc4F)cc3)oc2cc1C. The molecular formula is C24H21FN2O3. The second-order valence-electron chi connectivity index (χ2n) is 7.12. The quantitative estimate of drug-likeness (QED) is 0.494. The van der Waals surface area contributed by atoms with Crippen LogP contribution in [0.15, 0.2) is 65.1 Å². The van der Waals surface area contributed by atoms with Crippen LogP contribution < -0.4 is 10.1 Å². The molecule has 6 heteroatoms. The maximum atomic E-state index is 13.5. The summed E-state index contributed by atoms with van der Waals surface area (Å²) < 4.78 is 24.6. The summed E-state index contributed by atoms with van der Waals surface area (Å²) in [5.41, 5.74) is 5.71. The summed E-state index contributed by atoms with van der Waals surface area (Å²) in [5, 5.41) is 2.76. The Bertz CT molecular complexity index is 1160. The predicted octanol–water partition coefficient (Wildman–Crippen LogP) is 4.95. The molecule has 0 radical (unpaired) electrons. The van der Waals surface area contributed by atoms with E-state index in [1.807, 2.05) is 50.2 Å². The van der Waals surface area contributed by atoms with Crippen molar-refractivity contribution in [2.24, 2.45) is 0 Å². The molecular weight excluding hydrogens is 383 g/mol. The Morgan fingerprint density at radius 2 is 1.80 bits per heavy atom. The Balaban J connectivity index is 1.36. The Kier molecular flexibility index (Phi) is 5.48. The maximum absolute atomic E-state index is 13.5. The molecule has 0 saturated carbocycles. The van der Waals surface area contributed by atoms with Crippen LogP contribution in [0.2, 0.25) is 0 Å². The zero-order chi connectivity index (χ0) is 21.1. The van der Waals surface area contributed by atoms with Gasteiger partial charge in [-0.05, 0) is 66.9 Å². The topological polar surface area (TPSA) is 64.4 Å². The lowest BCUT2D eigenvalue weighted by Gasteiger charge is -2.08. The molecule has 1 amide bonds. The molecule has 0 aliphatic heterocycles. The number of carbonyl (C=O) groups is 1. The fraction of sp³-hybridized carbons (Fsp3) is 0.167. The van der Waals surface area contributed by atoms with E-state index in [1.165, 1.54) is 17.7 Å². The van der Waals surface area contributed by atoms with Crippen molar-refractivity contribution in [3.63, 3.8) is 0 Å². The number of amides is 1. The van der Waals surface area contributed by atoms with Crippen LogP contribution in [-0.2, 0) is 11.3 Å². The van der Waals surface area contributed by atoms with Gasteiger partial charge in [-0.1, -0.05) is 24.3 Å². The minimum Gasteiger partial charge on any atom is -0.481 e. The maximum Gasteiger partial charge on any atom is 0.258 e. The van der Waals surface area contributed by atoms with E-state index < -0.39 is 5.82 Å². The van der Waals surface area contributed by atoms with Crippen molar-refractivity contribution in [2.75, 3.05) is 6.61 Å². The number of halogens is 1. The molecule has 5 nitrogen and oxygen atoms in total. The molecule has 0 atom stereocenters. The molecule has 3 aromatic carbocycles. The molecule has 0 saturated heterocycles. The third-order valence-corrected chi connectivity index (χ3v) is 4.89. The van der Waals surface area contributed by atoms with Gasteiger partial charge in [-0.15, -0.1) is 0 Å². The summed E-state index contributed by atoms with van der Waals surface area (Å²) in [6, 6.07) is 17.6. The zero-order valence-electron chi connectivity index (χ0n) is 16.7. The first-order valence-electron chi connectivity index (χ1n) is 9.61. The van der Waals surface area contributed by atoms with Gasteiger partial charge in [0.05, 0.1) is 0 Å². The summed E-state index contributed by atoms with van der Waals surface area (Å²) >= 11 is 0. The molecule has 0 aliphatic carbocycles. The number of benzene rings is 3. The van der Waals surface area contributed by atoms with E-state index in [9.17, 15) is 9.18 Å². The lowest BCUT2D eigenvalue weighted by Crippen LogP contribution is -2.28. The number of carbonyl (C=O) groups excluding carboxylic acids is 1. The highest BCUT2D eigenvalue weighted by Crippen LogP contribution is 2.26. The van der Waals surface area contributed by atoms with Crippen LogP contribution in [0.3, 0.4) is 0 Å². The highest BCUT2D eigenvalue weighted by atomic mass is 19.1. The Morgan fingerprint density at radius 3 is 2.57 bits per heavy atom. The molecule has 1 N–H and O–H groups in total. The van der Waals surface area contributed by atoms with Gasteiger partial charge in [-0.2, -0.15) is 0 Å². The van der Waals surface area contributed by atoms with Crippen molar-refractivity contribution in [3.05, 3.63) is 83.2 Å². The minimum atomic E-state index is -0.495. The molecule has 0 spiro atoms. The molecule has 1 aromatic heterocycles. The van der Waals surface area contributed by atoms with Crippen molar-refractivity contribution in [2.45, 2.75) is 20.4 Å². The molecule has 4 aromatic rings. The number of aromatic nitrogens is 1. The molecule has 30 heavy (non-hydrogen) atoms. The number of fused-ring (bicyclic) bond motifs is 1. The Morgan fingerprint density at radius 1 is 1.07 bits per heavy atom. The first-order valence-corrected chi connectivity index (χ1v) is 9.61. The van der Waals surface area contributed by atoms with Gasteiger partial charge in [0.2, 0.25) is 5.89 Å². The van der Waals surface area contributed by atoms with Crippen LogP contribution in [0.5, 0.6) is 5.75 Å². The summed E-state index contributed by atoms with van der Waals surface area (Å²) in [6.07, 6.45) is 0. The third kappa shape index (κ3) is 4.33. The van der Waals surface area contributed by atoms with Gasteiger partial charge in [-0.3, -0.25) is 4.79 Å². The number of hydrogen-bond donors (Lipinski definition) is 1. The standard InChI is InChI=1S/C24H21FN2O3/c1-15-11-20-22(12-16(15)2)30-24(27-20)18-9-7-17(8-10-18)13-26-23(28)14-29-21-6-4-3-5-19(21)25/h3-12H,13-14H2,1-2H3,(H,26,28). The fourth-order valence-electron chi connectivity index (χ4n) is 3.03. The first kappa shape index (κ1) is 19.6. The molecule has 1 heterocycles. The van der Waals surface area contributed by atoms with E-state index in [0.29, 0.717) is 12.4 Å². The highest BCUT2D eigenvalue weighted by molar-refractivity contribution is 5.78. The van der Waals surface area contributed by atoms with Crippen LogP contribution in [0.4, 0.5) is 4.39 Å². The fourth-order valence-corrected chi connectivity index (χ4v) is 3.03. The van der Waals surface area contributed by atoms with E-state index in [2.05, 4.69) is 10.3 Å². The number of rotatable bonds is 6. The smallest absolute Gasteiger partial charge is 0.258 e. The number of aryl methyl sites for hydroxylation is 2. The lowest BCUT2D eigenvalue weighted by atomic mass is 10.1. The van der Waals surface area contributed by atoms with Crippen LogP contribution in [0.1, 0.15) is 16.7 Å². The summed E-state index contributed by atoms with van der Waals surface area (Å²) in [6.45, 7) is 4.18. The van der Waals surface area contributed by atoms with Crippen LogP contribution in [0.25, 0.3) is 22.6 Å². The van der Waals surface area contributed by atoms with Crippen LogP contribution >= 0.6 is 0 Å².